The molecule has 5 nitrogen and oxygen atoms in total. The van der Waals surface area contributed by atoms with Crippen molar-refractivity contribution in [2.45, 2.75) is 25.4 Å². The van der Waals surface area contributed by atoms with Crippen molar-refractivity contribution in [3.8, 4) is 11.5 Å². The molecule has 1 aromatic heterocycles. The maximum absolute atomic E-state index is 11.8. The standard InChI is InChI=1S/C14H13Cl2N3O2/c15-7-13(20)19(11-5-6-11)8-12-17-18-14(21-12)9-1-3-10(16)4-2-9/h1-4,11H,5-8H2. The van der Waals surface area contributed by atoms with Crippen LogP contribution in [0.25, 0.3) is 11.5 Å². The second-order valence-electron chi connectivity index (χ2n) is 4.89. The van der Waals surface area contributed by atoms with Crippen LogP contribution in [-0.4, -0.2) is 32.9 Å². The number of nitrogens with zero attached hydrogens (tertiary/aromatic N) is 3. The highest BCUT2D eigenvalue weighted by atomic mass is 35.5. The predicted octanol–water partition coefficient (Wildman–Crippen LogP) is 3.12. The van der Waals surface area contributed by atoms with E-state index in [0.29, 0.717) is 23.3 Å². The lowest BCUT2D eigenvalue weighted by Crippen LogP contribution is -2.33. The lowest BCUT2D eigenvalue weighted by Gasteiger charge is -2.18. The normalized spacial score (nSPS) is 14.2. The number of carbonyl (C=O) groups excluding carboxylic acids is 1. The summed E-state index contributed by atoms with van der Waals surface area (Å²) in [6.07, 6.45) is 2.00. The first-order valence-corrected chi connectivity index (χ1v) is 7.52. The van der Waals surface area contributed by atoms with E-state index in [1.165, 1.54) is 0 Å². The number of halogens is 2. The molecular weight excluding hydrogens is 313 g/mol. The van der Waals surface area contributed by atoms with Crippen LogP contribution in [0.4, 0.5) is 0 Å². The summed E-state index contributed by atoms with van der Waals surface area (Å²) in [5.74, 6) is 0.681. The van der Waals surface area contributed by atoms with Crippen molar-refractivity contribution < 1.29 is 9.21 Å². The largest absolute Gasteiger partial charge is 0.419 e. The fraction of sp³-hybridized carbons (Fsp3) is 0.357. The number of hydrogen-bond acceptors (Lipinski definition) is 4. The smallest absolute Gasteiger partial charge is 0.247 e. The summed E-state index contributed by atoms with van der Waals surface area (Å²) in [4.78, 5) is 13.5. The molecule has 0 aliphatic heterocycles. The number of hydrogen-bond donors (Lipinski definition) is 0. The van der Waals surface area contributed by atoms with E-state index in [9.17, 15) is 4.79 Å². The number of amides is 1. The fourth-order valence-corrected chi connectivity index (χ4v) is 2.34. The van der Waals surface area contributed by atoms with Crippen molar-refractivity contribution in [3.63, 3.8) is 0 Å². The molecule has 1 aromatic carbocycles. The average Bonchev–Trinajstić information content (AvgIpc) is 3.23. The molecule has 1 aliphatic rings. The molecule has 3 rings (SSSR count). The summed E-state index contributed by atoms with van der Waals surface area (Å²) in [6, 6.07) is 7.38. The van der Waals surface area contributed by atoms with Gasteiger partial charge in [0.25, 0.3) is 0 Å². The maximum Gasteiger partial charge on any atom is 0.247 e. The monoisotopic (exact) mass is 325 g/mol. The molecular formula is C14H13Cl2N3O2. The van der Waals surface area contributed by atoms with Crippen molar-refractivity contribution in [2.75, 3.05) is 5.88 Å². The molecule has 1 saturated carbocycles. The molecule has 0 spiro atoms. The highest BCUT2D eigenvalue weighted by Gasteiger charge is 2.33. The average molecular weight is 326 g/mol. The van der Waals surface area contributed by atoms with Crippen molar-refractivity contribution in [3.05, 3.63) is 35.2 Å². The van der Waals surface area contributed by atoms with E-state index in [0.717, 1.165) is 18.4 Å². The molecule has 1 fully saturated rings. The van der Waals surface area contributed by atoms with E-state index >= 15 is 0 Å². The topological polar surface area (TPSA) is 59.2 Å². The van der Waals surface area contributed by atoms with Crippen LogP contribution < -0.4 is 0 Å². The van der Waals surface area contributed by atoms with Gasteiger partial charge in [-0.1, -0.05) is 11.6 Å². The van der Waals surface area contributed by atoms with Gasteiger partial charge in [-0.25, -0.2) is 0 Å². The maximum atomic E-state index is 11.8. The van der Waals surface area contributed by atoms with Gasteiger partial charge < -0.3 is 9.32 Å². The molecule has 21 heavy (non-hydrogen) atoms. The van der Waals surface area contributed by atoms with Crippen LogP contribution in [0.2, 0.25) is 5.02 Å². The summed E-state index contributed by atoms with van der Waals surface area (Å²) in [5.41, 5.74) is 0.791. The summed E-state index contributed by atoms with van der Waals surface area (Å²) in [5, 5.41) is 8.64. The van der Waals surface area contributed by atoms with Crippen molar-refractivity contribution >= 4 is 29.1 Å². The van der Waals surface area contributed by atoms with Gasteiger partial charge in [-0.2, -0.15) is 0 Å². The highest BCUT2D eigenvalue weighted by Crippen LogP contribution is 2.29. The predicted molar refractivity (Wildman–Crippen MR) is 79.0 cm³/mol. The van der Waals surface area contributed by atoms with Crippen LogP contribution in [0.1, 0.15) is 18.7 Å². The first kappa shape index (κ1) is 14.4. The molecule has 0 atom stereocenters. The summed E-state index contributed by atoms with van der Waals surface area (Å²) in [6.45, 7) is 0.302. The Balaban J connectivity index is 1.75. The summed E-state index contributed by atoms with van der Waals surface area (Å²) in [7, 11) is 0. The third-order valence-electron chi connectivity index (χ3n) is 3.29. The second-order valence-corrected chi connectivity index (χ2v) is 5.60. The Kier molecular flexibility index (Phi) is 4.12. The Morgan fingerprint density at radius 2 is 2.00 bits per heavy atom. The van der Waals surface area contributed by atoms with Crippen LogP contribution >= 0.6 is 23.2 Å². The van der Waals surface area contributed by atoms with E-state index in [4.69, 9.17) is 27.6 Å². The van der Waals surface area contributed by atoms with Crippen LogP contribution in [-0.2, 0) is 11.3 Å². The minimum Gasteiger partial charge on any atom is -0.419 e. The van der Waals surface area contributed by atoms with Gasteiger partial charge >= 0.3 is 0 Å². The lowest BCUT2D eigenvalue weighted by molar-refractivity contribution is -0.130. The zero-order valence-electron chi connectivity index (χ0n) is 11.1. The van der Waals surface area contributed by atoms with Gasteiger partial charge in [-0.05, 0) is 37.1 Å². The number of carbonyl (C=O) groups is 1. The van der Waals surface area contributed by atoms with Crippen LogP contribution in [0.3, 0.4) is 0 Å². The molecule has 2 aromatic rings. The molecule has 0 N–H and O–H groups in total. The van der Waals surface area contributed by atoms with Crippen molar-refractivity contribution in [1.82, 2.24) is 15.1 Å². The SMILES string of the molecule is O=C(CCl)N(Cc1nnc(-c2ccc(Cl)cc2)o1)C1CC1. The Labute approximate surface area is 131 Å². The molecule has 1 heterocycles. The lowest BCUT2D eigenvalue weighted by atomic mass is 10.2. The van der Waals surface area contributed by atoms with Gasteiger partial charge in [0.1, 0.15) is 5.88 Å². The number of benzene rings is 1. The minimum atomic E-state index is -0.106. The number of rotatable bonds is 5. The van der Waals surface area contributed by atoms with Gasteiger partial charge in [0, 0.05) is 16.6 Å². The third-order valence-corrected chi connectivity index (χ3v) is 3.77. The molecule has 110 valence electrons. The van der Waals surface area contributed by atoms with Crippen molar-refractivity contribution in [1.29, 1.82) is 0 Å². The fourth-order valence-electron chi connectivity index (χ4n) is 2.06. The molecule has 0 radical (unpaired) electrons. The Morgan fingerprint density at radius 1 is 1.29 bits per heavy atom. The third kappa shape index (κ3) is 3.36. The van der Waals surface area contributed by atoms with Gasteiger partial charge in [-0.3, -0.25) is 4.79 Å². The Bertz CT molecular complexity index is 638. The first-order valence-electron chi connectivity index (χ1n) is 6.61. The second kappa shape index (κ2) is 6.03. The minimum absolute atomic E-state index is 0.0331. The van der Waals surface area contributed by atoms with E-state index in [1.54, 1.807) is 17.0 Å². The quantitative estimate of drug-likeness (QED) is 0.792. The Morgan fingerprint density at radius 3 is 2.62 bits per heavy atom. The van der Waals surface area contributed by atoms with Crippen LogP contribution in [0.5, 0.6) is 0 Å². The van der Waals surface area contributed by atoms with Gasteiger partial charge in [0.05, 0.1) is 6.54 Å². The number of alkyl halides is 1. The summed E-state index contributed by atoms with van der Waals surface area (Å²) >= 11 is 11.5. The molecule has 0 bridgehead atoms. The molecule has 0 saturated heterocycles. The van der Waals surface area contributed by atoms with Crippen LogP contribution in [0, 0.1) is 0 Å². The zero-order valence-corrected chi connectivity index (χ0v) is 12.6. The molecule has 1 amide bonds. The van der Waals surface area contributed by atoms with Crippen LogP contribution in [0.15, 0.2) is 28.7 Å². The first-order chi connectivity index (χ1) is 10.2. The molecule has 7 heteroatoms. The highest BCUT2D eigenvalue weighted by molar-refractivity contribution is 6.30. The van der Waals surface area contributed by atoms with Gasteiger partial charge in [0.15, 0.2) is 0 Å². The molecule has 1 aliphatic carbocycles. The van der Waals surface area contributed by atoms with Gasteiger partial charge in [-0.15, -0.1) is 21.8 Å². The van der Waals surface area contributed by atoms with E-state index < -0.39 is 0 Å². The molecule has 0 unspecified atom stereocenters. The zero-order chi connectivity index (χ0) is 14.8. The summed E-state index contributed by atoms with van der Waals surface area (Å²) < 4.78 is 5.61. The van der Waals surface area contributed by atoms with E-state index in [1.807, 2.05) is 12.1 Å². The number of aromatic nitrogens is 2. The van der Waals surface area contributed by atoms with E-state index in [2.05, 4.69) is 10.2 Å². The van der Waals surface area contributed by atoms with Crippen molar-refractivity contribution in [2.24, 2.45) is 0 Å². The Hall–Kier alpha value is -1.59. The van der Waals surface area contributed by atoms with E-state index in [-0.39, 0.29) is 17.8 Å². The van der Waals surface area contributed by atoms with Gasteiger partial charge in [0.2, 0.25) is 17.7 Å².